The smallest absolute Gasteiger partial charge is 0.335 e. The highest BCUT2D eigenvalue weighted by Crippen LogP contribution is 2.32. The third-order valence-electron chi connectivity index (χ3n) is 3.44. The first-order chi connectivity index (χ1) is 10.6. The molecule has 22 heavy (non-hydrogen) atoms. The van der Waals surface area contributed by atoms with Crippen molar-refractivity contribution >= 4 is 17.6 Å². The fraction of sp³-hybridized carbons (Fsp3) is 0.278. The van der Waals surface area contributed by atoms with Crippen LogP contribution in [-0.4, -0.2) is 17.7 Å². The van der Waals surface area contributed by atoms with Crippen LogP contribution in [0.15, 0.2) is 36.4 Å². The molecule has 0 aromatic heterocycles. The number of carboxylic acid groups (broad SMARTS) is 1. The Kier molecular flexibility index (Phi) is 5.45. The molecular weight excluding hydrogens is 300 g/mol. The minimum atomic E-state index is -0.914. The Morgan fingerprint density at radius 1 is 1.18 bits per heavy atom. The summed E-state index contributed by atoms with van der Waals surface area (Å²) in [5.41, 5.74) is 3.24. The summed E-state index contributed by atoms with van der Waals surface area (Å²) in [7, 11) is 0. The van der Waals surface area contributed by atoms with Gasteiger partial charge in [-0.15, -0.1) is 0 Å². The Balaban J connectivity index is 2.39. The summed E-state index contributed by atoms with van der Waals surface area (Å²) in [6, 6.07) is 10.8. The van der Waals surface area contributed by atoms with Gasteiger partial charge in [0.25, 0.3) is 0 Å². The zero-order chi connectivity index (χ0) is 16.1. The van der Waals surface area contributed by atoms with Crippen LogP contribution in [0.2, 0.25) is 5.02 Å². The first-order valence-electron chi connectivity index (χ1n) is 7.35. The van der Waals surface area contributed by atoms with E-state index < -0.39 is 5.97 Å². The normalized spacial score (nSPS) is 10.5. The Morgan fingerprint density at radius 3 is 2.55 bits per heavy atom. The van der Waals surface area contributed by atoms with E-state index in [9.17, 15) is 4.79 Å². The molecule has 2 aromatic carbocycles. The fourth-order valence-electron chi connectivity index (χ4n) is 2.30. The molecule has 0 radical (unpaired) electrons. The van der Waals surface area contributed by atoms with Gasteiger partial charge in [-0.2, -0.15) is 0 Å². The topological polar surface area (TPSA) is 46.5 Å². The minimum Gasteiger partial charge on any atom is -0.492 e. The van der Waals surface area contributed by atoms with E-state index in [1.807, 2.05) is 38.1 Å². The second-order valence-corrected chi connectivity index (χ2v) is 5.43. The number of aromatic carboxylic acids is 1. The van der Waals surface area contributed by atoms with Crippen molar-refractivity contribution in [3.05, 3.63) is 52.5 Å². The molecule has 2 rings (SSSR count). The van der Waals surface area contributed by atoms with Crippen molar-refractivity contribution < 1.29 is 14.6 Å². The van der Waals surface area contributed by atoms with Crippen molar-refractivity contribution in [2.45, 2.75) is 26.7 Å². The number of halogens is 1. The first-order valence-corrected chi connectivity index (χ1v) is 7.73. The zero-order valence-corrected chi connectivity index (χ0v) is 13.5. The monoisotopic (exact) mass is 318 g/mol. The first kappa shape index (κ1) is 16.4. The van der Waals surface area contributed by atoms with Gasteiger partial charge < -0.3 is 9.84 Å². The average Bonchev–Trinajstić information content (AvgIpc) is 2.53. The molecule has 0 saturated heterocycles. The lowest BCUT2D eigenvalue weighted by molar-refractivity contribution is 0.0697. The van der Waals surface area contributed by atoms with E-state index >= 15 is 0 Å². The van der Waals surface area contributed by atoms with Gasteiger partial charge in [0.15, 0.2) is 0 Å². The number of rotatable bonds is 6. The van der Waals surface area contributed by atoms with Gasteiger partial charge in [-0.3, -0.25) is 0 Å². The van der Waals surface area contributed by atoms with E-state index in [1.54, 1.807) is 12.1 Å². The molecule has 3 nitrogen and oxygen atoms in total. The molecular formula is C18H19ClO3. The van der Waals surface area contributed by atoms with E-state index in [-0.39, 0.29) is 0 Å². The van der Waals surface area contributed by atoms with Crippen LogP contribution >= 0.6 is 11.6 Å². The maximum atomic E-state index is 11.1. The van der Waals surface area contributed by atoms with Crippen molar-refractivity contribution in [2.24, 2.45) is 0 Å². The van der Waals surface area contributed by atoms with Crippen LogP contribution < -0.4 is 4.74 Å². The Morgan fingerprint density at radius 2 is 1.95 bits per heavy atom. The van der Waals surface area contributed by atoms with Crippen LogP contribution in [0.5, 0.6) is 5.75 Å². The van der Waals surface area contributed by atoms with E-state index in [1.165, 1.54) is 0 Å². The highest BCUT2D eigenvalue weighted by atomic mass is 35.5. The van der Waals surface area contributed by atoms with Gasteiger partial charge in [-0.1, -0.05) is 37.6 Å². The van der Waals surface area contributed by atoms with Crippen LogP contribution in [0.1, 0.15) is 36.2 Å². The molecule has 0 heterocycles. The molecule has 2 aromatic rings. The van der Waals surface area contributed by atoms with Gasteiger partial charge >= 0.3 is 5.97 Å². The lowest BCUT2D eigenvalue weighted by Crippen LogP contribution is -1.99. The average molecular weight is 319 g/mol. The molecule has 0 fully saturated rings. The predicted molar refractivity (Wildman–Crippen MR) is 89.0 cm³/mol. The third-order valence-corrected chi connectivity index (χ3v) is 3.73. The van der Waals surface area contributed by atoms with Crippen LogP contribution in [0.3, 0.4) is 0 Å². The SMILES string of the molecule is CCCOc1ccc(-c2ccc(C(=O)O)cc2CC)cc1Cl. The largest absolute Gasteiger partial charge is 0.492 e. The summed E-state index contributed by atoms with van der Waals surface area (Å²) in [5.74, 6) is -0.241. The Bertz CT molecular complexity index is 680. The lowest BCUT2D eigenvalue weighted by atomic mass is 9.96. The molecule has 0 aliphatic carbocycles. The van der Waals surface area contributed by atoms with E-state index in [0.29, 0.717) is 22.9 Å². The number of carbonyl (C=O) groups is 1. The van der Waals surface area contributed by atoms with Crippen LogP contribution in [0.4, 0.5) is 0 Å². The summed E-state index contributed by atoms with van der Waals surface area (Å²) < 4.78 is 5.57. The minimum absolute atomic E-state index is 0.301. The number of hydrogen-bond donors (Lipinski definition) is 1. The van der Waals surface area contributed by atoms with Gasteiger partial charge in [0.2, 0.25) is 0 Å². The highest BCUT2D eigenvalue weighted by Gasteiger charge is 2.11. The van der Waals surface area contributed by atoms with Crippen molar-refractivity contribution in [3.63, 3.8) is 0 Å². The molecule has 0 spiro atoms. The van der Waals surface area contributed by atoms with Crippen LogP contribution in [-0.2, 0) is 6.42 Å². The number of benzene rings is 2. The van der Waals surface area contributed by atoms with Crippen molar-refractivity contribution in [2.75, 3.05) is 6.61 Å². The van der Waals surface area contributed by atoms with E-state index in [4.69, 9.17) is 21.4 Å². The van der Waals surface area contributed by atoms with Crippen LogP contribution in [0.25, 0.3) is 11.1 Å². The Labute approximate surface area is 135 Å². The standard InChI is InChI=1S/C18H19ClO3/c1-3-9-22-17-8-6-13(11-16(17)19)15-7-5-14(18(20)21)10-12(15)4-2/h5-8,10-11H,3-4,9H2,1-2H3,(H,20,21). The quantitative estimate of drug-likeness (QED) is 0.810. The molecule has 116 valence electrons. The molecule has 0 aliphatic heterocycles. The predicted octanol–water partition coefficient (Wildman–Crippen LogP) is 5.06. The molecule has 0 unspecified atom stereocenters. The number of ether oxygens (including phenoxy) is 1. The van der Waals surface area contributed by atoms with E-state index in [2.05, 4.69) is 0 Å². The molecule has 0 aliphatic rings. The molecule has 0 saturated carbocycles. The molecule has 1 N–H and O–H groups in total. The maximum Gasteiger partial charge on any atom is 0.335 e. The summed E-state index contributed by atoms with van der Waals surface area (Å²) in [4.78, 5) is 11.1. The van der Waals surface area contributed by atoms with Crippen molar-refractivity contribution in [1.29, 1.82) is 0 Å². The van der Waals surface area contributed by atoms with Crippen molar-refractivity contribution in [1.82, 2.24) is 0 Å². The summed E-state index contributed by atoms with van der Waals surface area (Å²) in [5, 5.41) is 9.66. The van der Waals surface area contributed by atoms with Crippen molar-refractivity contribution in [3.8, 4) is 16.9 Å². The zero-order valence-electron chi connectivity index (χ0n) is 12.7. The number of aryl methyl sites for hydroxylation is 1. The molecule has 4 heteroatoms. The summed E-state index contributed by atoms with van der Waals surface area (Å²) in [6.07, 6.45) is 1.68. The third kappa shape index (κ3) is 3.60. The van der Waals surface area contributed by atoms with Crippen LogP contribution in [0, 0.1) is 0 Å². The second kappa shape index (κ2) is 7.32. The second-order valence-electron chi connectivity index (χ2n) is 5.02. The van der Waals surface area contributed by atoms with Gasteiger partial charge in [-0.25, -0.2) is 4.79 Å². The molecule has 0 atom stereocenters. The summed E-state index contributed by atoms with van der Waals surface area (Å²) in [6.45, 7) is 4.68. The Hall–Kier alpha value is -2.00. The van der Waals surface area contributed by atoms with Gasteiger partial charge in [0.1, 0.15) is 5.75 Å². The molecule has 0 amide bonds. The molecule has 0 bridgehead atoms. The number of carboxylic acids is 1. The van der Waals surface area contributed by atoms with Gasteiger partial charge in [0, 0.05) is 0 Å². The lowest BCUT2D eigenvalue weighted by Gasteiger charge is -2.12. The highest BCUT2D eigenvalue weighted by molar-refractivity contribution is 6.32. The van der Waals surface area contributed by atoms with Gasteiger partial charge in [0.05, 0.1) is 17.2 Å². The maximum absolute atomic E-state index is 11.1. The fourth-order valence-corrected chi connectivity index (χ4v) is 2.53. The van der Waals surface area contributed by atoms with E-state index in [0.717, 1.165) is 29.5 Å². The van der Waals surface area contributed by atoms with Gasteiger partial charge in [-0.05, 0) is 53.8 Å². The number of hydrogen-bond acceptors (Lipinski definition) is 2. The summed E-state index contributed by atoms with van der Waals surface area (Å²) >= 11 is 6.27.